The van der Waals surface area contributed by atoms with Gasteiger partial charge in [0, 0.05) is 17.1 Å². The first-order chi connectivity index (χ1) is 11.1. The first kappa shape index (κ1) is 18.8. The number of nitrogens with two attached hydrogens (primary N) is 1. The van der Waals surface area contributed by atoms with Crippen molar-refractivity contribution in [3.05, 3.63) is 52.4 Å². The van der Waals surface area contributed by atoms with Gasteiger partial charge in [-0.1, -0.05) is 15.9 Å². The monoisotopic (exact) mass is 414 g/mol. The number of halogens is 2. The molecule has 5 nitrogen and oxygen atoms in total. The van der Waals surface area contributed by atoms with Gasteiger partial charge in [-0.25, -0.2) is 0 Å². The van der Waals surface area contributed by atoms with Crippen molar-refractivity contribution in [1.29, 1.82) is 0 Å². The second-order valence-electron chi connectivity index (χ2n) is 5.72. The molecule has 0 saturated heterocycles. The Morgan fingerprint density at radius 3 is 2.67 bits per heavy atom. The van der Waals surface area contributed by atoms with Crippen molar-refractivity contribution in [2.75, 3.05) is 6.54 Å². The number of nitrogens with one attached hydrogen (secondary N) is 1. The molecule has 3 rings (SSSR count). The third-order valence-corrected chi connectivity index (χ3v) is 4.33. The molecule has 3 N–H and O–H groups in total. The van der Waals surface area contributed by atoms with Crippen molar-refractivity contribution < 1.29 is 13.9 Å². The first-order valence-electron chi connectivity index (χ1n) is 7.62. The van der Waals surface area contributed by atoms with Crippen LogP contribution in [0.15, 0.2) is 45.3 Å². The van der Waals surface area contributed by atoms with E-state index in [1.807, 2.05) is 24.3 Å². The molecule has 0 radical (unpaired) electrons. The molecule has 1 amide bonds. The Labute approximate surface area is 155 Å². The molecule has 0 bridgehead atoms. The molecule has 0 spiro atoms. The molecule has 1 atom stereocenters. The minimum absolute atomic E-state index is 0. The number of hydrogen-bond donors (Lipinski definition) is 2. The standard InChI is InChI=1S/C17H19BrN2O3.ClH/c18-12-3-5-13(6-4-12)22-10-14-7-8-16(23-14)17(21)20-9-15(19)11-1-2-11;/h3-8,11,15H,1-2,9-10,19H2,(H,20,21);1H. The fourth-order valence-electron chi connectivity index (χ4n) is 2.25. The van der Waals surface area contributed by atoms with Crippen LogP contribution in [0.1, 0.15) is 29.2 Å². The Bertz CT molecular complexity index is 671. The van der Waals surface area contributed by atoms with Gasteiger partial charge in [-0.05, 0) is 55.2 Å². The van der Waals surface area contributed by atoms with Crippen LogP contribution in [-0.2, 0) is 6.61 Å². The lowest BCUT2D eigenvalue weighted by Crippen LogP contribution is -2.38. The molecule has 130 valence electrons. The van der Waals surface area contributed by atoms with Gasteiger partial charge in [-0.3, -0.25) is 4.79 Å². The summed E-state index contributed by atoms with van der Waals surface area (Å²) >= 11 is 3.37. The highest BCUT2D eigenvalue weighted by atomic mass is 79.9. The number of benzene rings is 1. The molecule has 2 aromatic rings. The fourth-order valence-corrected chi connectivity index (χ4v) is 2.52. The highest BCUT2D eigenvalue weighted by molar-refractivity contribution is 9.10. The van der Waals surface area contributed by atoms with Crippen molar-refractivity contribution >= 4 is 34.2 Å². The van der Waals surface area contributed by atoms with Crippen LogP contribution >= 0.6 is 28.3 Å². The third-order valence-electron chi connectivity index (χ3n) is 3.81. The normalized spacial score (nSPS) is 14.6. The molecule has 1 aromatic heterocycles. The Morgan fingerprint density at radius 1 is 1.29 bits per heavy atom. The van der Waals surface area contributed by atoms with Crippen LogP contribution in [0.3, 0.4) is 0 Å². The summed E-state index contributed by atoms with van der Waals surface area (Å²) in [6.45, 7) is 0.755. The van der Waals surface area contributed by atoms with E-state index >= 15 is 0 Å². The summed E-state index contributed by atoms with van der Waals surface area (Å²) in [5, 5.41) is 2.81. The van der Waals surface area contributed by atoms with Crippen molar-refractivity contribution in [1.82, 2.24) is 5.32 Å². The summed E-state index contributed by atoms with van der Waals surface area (Å²) in [7, 11) is 0. The van der Waals surface area contributed by atoms with Crippen LogP contribution in [0.4, 0.5) is 0 Å². The number of hydrogen-bond acceptors (Lipinski definition) is 4. The maximum Gasteiger partial charge on any atom is 0.287 e. The number of carbonyl (C=O) groups is 1. The van der Waals surface area contributed by atoms with E-state index in [4.69, 9.17) is 14.9 Å². The lowest BCUT2D eigenvalue weighted by Gasteiger charge is -2.10. The SMILES string of the molecule is Cl.NC(CNC(=O)c1ccc(COc2ccc(Br)cc2)o1)C1CC1. The molecule has 1 heterocycles. The Hall–Kier alpha value is -1.50. The molecule has 1 unspecified atom stereocenters. The van der Waals surface area contributed by atoms with Gasteiger partial charge in [-0.15, -0.1) is 12.4 Å². The maximum atomic E-state index is 12.0. The smallest absolute Gasteiger partial charge is 0.287 e. The molecular formula is C17H20BrClN2O3. The van der Waals surface area contributed by atoms with E-state index < -0.39 is 0 Å². The summed E-state index contributed by atoms with van der Waals surface area (Å²) in [6.07, 6.45) is 2.32. The predicted molar refractivity (Wildman–Crippen MR) is 97.5 cm³/mol. The number of rotatable bonds is 7. The van der Waals surface area contributed by atoms with Crippen LogP contribution < -0.4 is 15.8 Å². The van der Waals surface area contributed by atoms with Crippen LogP contribution in [0, 0.1) is 5.92 Å². The van der Waals surface area contributed by atoms with E-state index in [0.717, 1.165) is 23.1 Å². The van der Waals surface area contributed by atoms with Crippen molar-refractivity contribution in [3.8, 4) is 5.75 Å². The van der Waals surface area contributed by atoms with E-state index in [0.29, 0.717) is 18.2 Å². The van der Waals surface area contributed by atoms with E-state index in [1.54, 1.807) is 12.1 Å². The van der Waals surface area contributed by atoms with Crippen molar-refractivity contribution in [3.63, 3.8) is 0 Å². The van der Waals surface area contributed by atoms with E-state index in [2.05, 4.69) is 21.2 Å². The van der Waals surface area contributed by atoms with Crippen molar-refractivity contribution in [2.45, 2.75) is 25.5 Å². The van der Waals surface area contributed by atoms with Crippen LogP contribution in [0.5, 0.6) is 5.75 Å². The van der Waals surface area contributed by atoms with E-state index in [1.165, 1.54) is 0 Å². The first-order valence-corrected chi connectivity index (χ1v) is 8.42. The maximum absolute atomic E-state index is 12.0. The zero-order valence-electron chi connectivity index (χ0n) is 13.0. The van der Waals surface area contributed by atoms with E-state index in [-0.39, 0.29) is 36.7 Å². The van der Waals surface area contributed by atoms with Crippen LogP contribution in [-0.4, -0.2) is 18.5 Å². The second-order valence-corrected chi connectivity index (χ2v) is 6.64. The quantitative estimate of drug-likeness (QED) is 0.725. The predicted octanol–water partition coefficient (Wildman–Crippen LogP) is 3.51. The summed E-state index contributed by atoms with van der Waals surface area (Å²) in [5.41, 5.74) is 5.96. The second kappa shape index (κ2) is 8.55. The summed E-state index contributed by atoms with van der Waals surface area (Å²) in [4.78, 5) is 12.0. The van der Waals surface area contributed by atoms with Gasteiger partial charge in [0.1, 0.15) is 18.1 Å². The van der Waals surface area contributed by atoms with E-state index in [9.17, 15) is 4.79 Å². The molecule has 7 heteroatoms. The molecule has 1 fully saturated rings. The largest absolute Gasteiger partial charge is 0.486 e. The average Bonchev–Trinajstić information content (AvgIpc) is 3.30. The summed E-state index contributed by atoms with van der Waals surface area (Å²) in [5.74, 6) is 1.94. The molecule has 1 saturated carbocycles. The van der Waals surface area contributed by atoms with Crippen LogP contribution in [0.2, 0.25) is 0 Å². The topological polar surface area (TPSA) is 77.5 Å². The minimum Gasteiger partial charge on any atom is -0.486 e. The van der Waals surface area contributed by atoms with Gasteiger partial charge >= 0.3 is 0 Å². The number of furan rings is 1. The molecule has 1 aliphatic rings. The highest BCUT2D eigenvalue weighted by Gasteiger charge is 2.28. The van der Waals surface area contributed by atoms with Crippen molar-refractivity contribution in [2.24, 2.45) is 11.7 Å². The minimum atomic E-state index is -0.240. The number of amides is 1. The number of carbonyl (C=O) groups excluding carboxylic acids is 1. The average molecular weight is 416 g/mol. The number of ether oxygens (including phenoxy) is 1. The zero-order chi connectivity index (χ0) is 16.2. The Morgan fingerprint density at radius 2 is 2.00 bits per heavy atom. The molecule has 0 aliphatic heterocycles. The van der Waals surface area contributed by atoms with Gasteiger partial charge < -0.3 is 20.2 Å². The van der Waals surface area contributed by atoms with Gasteiger partial charge in [0.25, 0.3) is 5.91 Å². The third kappa shape index (κ3) is 5.26. The molecule has 1 aliphatic carbocycles. The Kier molecular flexibility index (Phi) is 6.71. The van der Waals surface area contributed by atoms with Gasteiger partial charge in [0.15, 0.2) is 5.76 Å². The molecular weight excluding hydrogens is 396 g/mol. The molecule has 1 aromatic carbocycles. The van der Waals surface area contributed by atoms with Crippen LogP contribution in [0.25, 0.3) is 0 Å². The lowest BCUT2D eigenvalue weighted by atomic mass is 10.2. The zero-order valence-corrected chi connectivity index (χ0v) is 15.4. The molecule has 24 heavy (non-hydrogen) atoms. The summed E-state index contributed by atoms with van der Waals surface area (Å²) in [6, 6.07) is 11.0. The lowest BCUT2D eigenvalue weighted by molar-refractivity contribution is 0.0918. The van der Waals surface area contributed by atoms with Gasteiger partial charge in [-0.2, -0.15) is 0 Å². The summed E-state index contributed by atoms with van der Waals surface area (Å²) < 4.78 is 12.1. The Balaban J connectivity index is 0.00000208. The highest BCUT2D eigenvalue weighted by Crippen LogP contribution is 2.31. The van der Waals surface area contributed by atoms with Gasteiger partial charge in [0.2, 0.25) is 0 Å². The fraction of sp³-hybridized carbons (Fsp3) is 0.353. The van der Waals surface area contributed by atoms with Gasteiger partial charge in [0.05, 0.1) is 0 Å².